The summed E-state index contributed by atoms with van der Waals surface area (Å²) >= 11 is 0. The van der Waals surface area contributed by atoms with Gasteiger partial charge in [0.1, 0.15) is 5.52 Å². The SMILES string of the molecule is Cn1cnc2c(NC(CCO)C(C)(C)C)nccc21. The summed E-state index contributed by atoms with van der Waals surface area (Å²) in [5.41, 5.74) is 1.97. The number of pyridine rings is 1. The maximum Gasteiger partial charge on any atom is 0.154 e. The number of nitrogens with zero attached hydrogens (tertiary/aromatic N) is 3. The Balaban J connectivity index is 2.34. The van der Waals surface area contributed by atoms with E-state index in [9.17, 15) is 5.11 Å². The average molecular weight is 262 g/mol. The maximum atomic E-state index is 9.22. The fourth-order valence-electron chi connectivity index (χ4n) is 2.18. The van der Waals surface area contributed by atoms with E-state index in [0.717, 1.165) is 16.9 Å². The van der Waals surface area contributed by atoms with Gasteiger partial charge in [0.05, 0.1) is 11.8 Å². The smallest absolute Gasteiger partial charge is 0.154 e. The summed E-state index contributed by atoms with van der Waals surface area (Å²) in [7, 11) is 1.97. The molecule has 0 aliphatic heterocycles. The molecule has 0 spiro atoms. The lowest BCUT2D eigenvalue weighted by Gasteiger charge is -2.31. The minimum Gasteiger partial charge on any atom is -0.396 e. The highest BCUT2D eigenvalue weighted by molar-refractivity contribution is 5.85. The number of aromatic nitrogens is 3. The first-order valence-corrected chi connectivity index (χ1v) is 6.57. The fraction of sp³-hybridized carbons (Fsp3) is 0.571. The molecule has 0 bridgehead atoms. The zero-order chi connectivity index (χ0) is 14.0. The molecule has 5 heteroatoms. The van der Waals surface area contributed by atoms with Crippen LogP contribution in [0.4, 0.5) is 5.82 Å². The van der Waals surface area contributed by atoms with Gasteiger partial charge in [-0.1, -0.05) is 20.8 Å². The predicted molar refractivity (Wildman–Crippen MR) is 77.1 cm³/mol. The zero-order valence-corrected chi connectivity index (χ0v) is 12.0. The Labute approximate surface area is 113 Å². The third-order valence-electron chi connectivity index (χ3n) is 3.42. The van der Waals surface area contributed by atoms with Crippen molar-refractivity contribution in [3.05, 3.63) is 18.6 Å². The van der Waals surface area contributed by atoms with Crippen LogP contribution in [0.5, 0.6) is 0 Å². The molecule has 2 aromatic heterocycles. The van der Waals surface area contributed by atoms with Crippen LogP contribution in [0.3, 0.4) is 0 Å². The molecular formula is C14H22N4O. The van der Waals surface area contributed by atoms with Crippen LogP contribution in [-0.4, -0.2) is 32.3 Å². The van der Waals surface area contributed by atoms with E-state index in [1.165, 1.54) is 0 Å². The third kappa shape index (κ3) is 2.87. The second-order valence-electron chi connectivity index (χ2n) is 5.96. The summed E-state index contributed by atoms with van der Waals surface area (Å²) < 4.78 is 1.97. The zero-order valence-electron chi connectivity index (χ0n) is 12.0. The van der Waals surface area contributed by atoms with Gasteiger partial charge in [-0.2, -0.15) is 0 Å². The number of hydrogen-bond acceptors (Lipinski definition) is 4. The van der Waals surface area contributed by atoms with Crippen molar-refractivity contribution >= 4 is 16.9 Å². The van der Waals surface area contributed by atoms with Gasteiger partial charge in [-0.25, -0.2) is 9.97 Å². The van der Waals surface area contributed by atoms with Gasteiger partial charge in [0, 0.05) is 25.9 Å². The van der Waals surface area contributed by atoms with E-state index in [4.69, 9.17) is 0 Å². The van der Waals surface area contributed by atoms with E-state index in [1.54, 1.807) is 12.5 Å². The van der Waals surface area contributed by atoms with Gasteiger partial charge >= 0.3 is 0 Å². The van der Waals surface area contributed by atoms with Gasteiger partial charge in [0.2, 0.25) is 0 Å². The Morgan fingerprint density at radius 3 is 2.74 bits per heavy atom. The highest BCUT2D eigenvalue weighted by Crippen LogP contribution is 2.27. The van der Waals surface area contributed by atoms with E-state index >= 15 is 0 Å². The number of fused-ring (bicyclic) bond motifs is 1. The number of imidazole rings is 1. The number of anilines is 1. The summed E-state index contributed by atoms with van der Waals surface area (Å²) in [4.78, 5) is 8.78. The van der Waals surface area contributed by atoms with Crippen molar-refractivity contribution in [3.63, 3.8) is 0 Å². The number of aliphatic hydroxyl groups is 1. The molecule has 2 N–H and O–H groups in total. The lowest BCUT2D eigenvalue weighted by atomic mass is 9.85. The Kier molecular flexibility index (Phi) is 3.75. The van der Waals surface area contributed by atoms with Gasteiger partial charge in [0.25, 0.3) is 0 Å². The number of nitrogens with one attached hydrogen (secondary N) is 1. The summed E-state index contributed by atoms with van der Waals surface area (Å²) in [6.45, 7) is 6.61. The van der Waals surface area contributed by atoms with Crippen LogP contribution in [0, 0.1) is 5.41 Å². The largest absolute Gasteiger partial charge is 0.396 e. The highest BCUT2D eigenvalue weighted by atomic mass is 16.3. The first-order valence-electron chi connectivity index (χ1n) is 6.57. The van der Waals surface area contributed by atoms with Crippen LogP contribution in [-0.2, 0) is 7.05 Å². The second-order valence-corrected chi connectivity index (χ2v) is 5.96. The summed E-state index contributed by atoms with van der Waals surface area (Å²) in [5, 5.41) is 12.6. The minimum absolute atomic E-state index is 0.0430. The van der Waals surface area contributed by atoms with Crippen LogP contribution in [0.15, 0.2) is 18.6 Å². The van der Waals surface area contributed by atoms with Crippen molar-refractivity contribution in [2.75, 3.05) is 11.9 Å². The van der Waals surface area contributed by atoms with Crippen LogP contribution in [0.1, 0.15) is 27.2 Å². The number of rotatable bonds is 4. The standard InChI is InChI=1S/C14H22N4O/c1-14(2,3)11(6-8-19)17-13-12-10(5-7-15-13)18(4)9-16-12/h5,7,9,11,19H,6,8H2,1-4H3,(H,15,17). The fourth-order valence-corrected chi connectivity index (χ4v) is 2.18. The van der Waals surface area contributed by atoms with Crippen molar-refractivity contribution in [2.45, 2.75) is 33.2 Å². The van der Waals surface area contributed by atoms with Crippen molar-refractivity contribution in [3.8, 4) is 0 Å². The average Bonchev–Trinajstić information content (AvgIpc) is 2.71. The molecule has 2 aromatic rings. The molecule has 0 aliphatic rings. The molecule has 0 aromatic carbocycles. The van der Waals surface area contributed by atoms with Crippen LogP contribution in [0.2, 0.25) is 0 Å². The third-order valence-corrected chi connectivity index (χ3v) is 3.42. The molecule has 0 amide bonds. The van der Waals surface area contributed by atoms with E-state index in [2.05, 4.69) is 36.1 Å². The van der Waals surface area contributed by atoms with Crippen molar-refractivity contribution in [1.29, 1.82) is 0 Å². The van der Waals surface area contributed by atoms with Crippen molar-refractivity contribution in [1.82, 2.24) is 14.5 Å². The minimum atomic E-state index is 0.0430. The van der Waals surface area contributed by atoms with Crippen LogP contribution < -0.4 is 5.32 Å². The molecule has 0 saturated carbocycles. The molecular weight excluding hydrogens is 240 g/mol. The molecule has 2 rings (SSSR count). The normalized spacial score (nSPS) is 13.7. The van der Waals surface area contributed by atoms with Crippen LogP contribution in [0.25, 0.3) is 11.0 Å². The molecule has 2 heterocycles. The molecule has 0 radical (unpaired) electrons. The molecule has 104 valence electrons. The van der Waals surface area contributed by atoms with Crippen molar-refractivity contribution in [2.24, 2.45) is 12.5 Å². The molecule has 19 heavy (non-hydrogen) atoms. The Morgan fingerprint density at radius 2 is 2.11 bits per heavy atom. The predicted octanol–water partition coefficient (Wildman–Crippen LogP) is 2.18. The molecule has 5 nitrogen and oxygen atoms in total. The van der Waals surface area contributed by atoms with E-state index in [0.29, 0.717) is 6.42 Å². The Hall–Kier alpha value is -1.62. The number of aryl methyl sites for hydroxylation is 1. The van der Waals surface area contributed by atoms with Crippen molar-refractivity contribution < 1.29 is 5.11 Å². The van der Waals surface area contributed by atoms with E-state index < -0.39 is 0 Å². The number of hydrogen-bond donors (Lipinski definition) is 2. The first kappa shape index (κ1) is 13.8. The summed E-state index contributed by atoms with van der Waals surface area (Å²) in [6.07, 6.45) is 4.26. The summed E-state index contributed by atoms with van der Waals surface area (Å²) in [6, 6.07) is 2.10. The Morgan fingerprint density at radius 1 is 1.37 bits per heavy atom. The molecule has 1 atom stereocenters. The topological polar surface area (TPSA) is 63.0 Å². The lowest BCUT2D eigenvalue weighted by molar-refractivity contribution is 0.235. The molecule has 0 aliphatic carbocycles. The van der Waals surface area contributed by atoms with Gasteiger partial charge in [-0.15, -0.1) is 0 Å². The molecule has 0 fully saturated rings. The monoisotopic (exact) mass is 262 g/mol. The molecule has 1 unspecified atom stereocenters. The highest BCUT2D eigenvalue weighted by Gasteiger charge is 2.25. The molecule has 0 saturated heterocycles. The van der Waals surface area contributed by atoms with Gasteiger partial charge in [-0.3, -0.25) is 0 Å². The summed E-state index contributed by atoms with van der Waals surface area (Å²) in [5.74, 6) is 0.784. The second kappa shape index (κ2) is 5.17. The Bertz CT molecular complexity index is 556. The number of aliphatic hydroxyl groups excluding tert-OH is 1. The van der Waals surface area contributed by atoms with Gasteiger partial charge < -0.3 is 15.0 Å². The maximum absolute atomic E-state index is 9.22. The van der Waals surface area contributed by atoms with Gasteiger partial charge in [0.15, 0.2) is 5.82 Å². The first-order chi connectivity index (χ1) is 8.93. The van der Waals surface area contributed by atoms with E-state index in [-0.39, 0.29) is 18.1 Å². The van der Waals surface area contributed by atoms with Gasteiger partial charge in [-0.05, 0) is 17.9 Å². The lowest BCUT2D eigenvalue weighted by Crippen LogP contribution is -2.35. The quantitative estimate of drug-likeness (QED) is 0.886. The van der Waals surface area contributed by atoms with E-state index in [1.807, 2.05) is 17.7 Å². The van der Waals surface area contributed by atoms with Crippen LogP contribution >= 0.6 is 0 Å².